The summed E-state index contributed by atoms with van der Waals surface area (Å²) in [5.41, 5.74) is 10.1. The van der Waals surface area contributed by atoms with Crippen LogP contribution in [-0.2, 0) is 14.8 Å². The number of amides is 1. The van der Waals surface area contributed by atoms with Crippen molar-refractivity contribution >= 4 is 21.7 Å². The van der Waals surface area contributed by atoms with E-state index in [0.717, 1.165) is 6.20 Å². The minimum atomic E-state index is -3.84. The number of primary amides is 1. The number of nitrogen functional groups attached to an aromatic ring is 1. The first-order valence-corrected chi connectivity index (χ1v) is 6.00. The highest BCUT2D eigenvalue weighted by Gasteiger charge is 2.18. The number of aromatic nitrogens is 1. The van der Waals surface area contributed by atoms with E-state index in [0.29, 0.717) is 0 Å². The first-order valence-electron chi connectivity index (χ1n) is 4.51. The van der Waals surface area contributed by atoms with Crippen LogP contribution in [0.25, 0.3) is 0 Å². The molecule has 0 aliphatic rings. The van der Waals surface area contributed by atoms with Gasteiger partial charge in [-0.2, -0.15) is 0 Å². The van der Waals surface area contributed by atoms with Gasteiger partial charge >= 0.3 is 0 Å². The molecule has 8 nitrogen and oxygen atoms in total. The molecular formula is C8H12N4O4S. The molecule has 94 valence electrons. The summed E-state index contributed by atoms with van der Waals surface area (Å²) >= 11 is 0. The number of hydrogen-bond donors (Lipinski definition) is 4. The lowest BCUT2D eigenvalue weighted by Crippen LogP contribution is -2.39. The molecule has 1 aromatic rings. The molecule has 1 aromatic heterocycles. The van der Waals surface area contributed by atoms with Crippen LogP contribution in [0.4, 0.5) is 5.82 Å². The Bertz CT molecular complexity index is 499. The molecule has 0 aromatic carbocycles. The van der Waals surface area contributed by atoms with Crippen LogP contribution in [0.15, 0.2) is 23.2 Å². The second-order valence-electron chi connectivity index (χ2n) is 3.19. The molecule has 9 heteroatoms. The fourth-order valence-electron chi connectivity index (χ4n) is 0.923. The van der Waals surface area contributed by atoms with Gasteiger partial charge < -0.3 is 16.6 Å². The van der Waals surface area contributed by atoms with Crippen molar-refractivity contribution in [2.75, 3.05) is 12.3 Å². The van der Waals surface area contributed by atoms with Crippen molar-refractivity contribution in [1.82, 2.24) is 9.71 Å². The second kappa shape index (κ2) is 5.08. The summed E-state index contributed by atoms with van der Waals surface area (Å²) in [5.74, 6) is -0.829. The molecule has 0 saturated heterocycles. The Morgan fingerprint density at radius 2 is 2.18 bits per heavy atom. The number of carbonyl (C=O) groups excluding carboxylic acids is 1. The molecule has 0 spiro atoms. The molecule has 0 saturated carbocycles. The Kier molecular flexibility index (Phi) is 3.99. The molecule has 0 fully saturated rings. The Morgan fingerprint density at radius 3 is 2.65 bits per heavy atom. The molecule has 1 rings (SSSR count). The summed E-state index contributed by atoms with van der Waals surface area (Å²) in [4.78, 5) is 14.0. The molecule has 0 bridgehead atoms. The summed E-state index contributed by atoms with van der Waals surface area (Å²) in [6.45, 7) is -0.498. The van der Waals surface area contributed by atoms with Gasteiger partial charge in [0.25, 0.3) is 0 Å². The third-order valence-electron chi connectivity index (χ3n) is 1.86. The van der Waals surface area contributed by atoms with Crippen molar-refractivity contribution in [3.8, 4) is 0 Å². The summed E-state index contributed by atoms with van der Waals surface area (Å²) in [6, 6.07) is 2.57. The molecule has 17 heavy (non-hydrogen) atoms. The maximum absolute atomic E-state index is 11.6. The van der Waals surface area contributed by atoms with Gasteiger partial charge in [-0.1, -0.05) is 0 Å². The van der Waals surface area contributed by atoms with Gasteiger partial charge in [-0.25, -0.2) is 18.1 Å². The van der Waals surface area contributed by atoms with Crippen LogP contribution in [0.1, 0.15) is 0 Å². The zero-order valence-electron chi connectivity index (χ0n) is 8.70. The number of carbonyl (C=O) groups is 1. The van der Waals surface area contributed by atoms with Gasteiger partial charge in [0.15, 0.2) is 0 Å². The topological polar surface area (TPSA) is 148 Å². The Balaban J connectivity index is 2.76. The quantitative estimate of drug-likeness (QED) is 0.471. The number of sulfonamides is 1. The molecule has 1 amide bonds. The fourth-order valence-corrected chi connectivity index (χ4v) is 1.91. The van der Waals surface area contributed by atoms with Gasteiger partial charge in [0, 0.05) is 12.7 Å². The lowest BCUT2D eigenvalue weighted by Gasteiger charge is -2.09. The fraction of sp³-hybridized carbons (Fsp3) is 0.250. The smallest absolute Gasteiger partial charge is 0.247 e. The summed E-state index contributed by atoms with van der Waals surface area (Å²) in [6.07, 6.45) is -0.513. The molecule has 1 unspecified atom stereocenters. The number of hydrogen-bond acceptors (Lipinski definition) is 6. The maximum Gasteiger partial charge on any atom is 0.247 e. The summed E-state index contributed by atoms with van der Waals surface area (Å²) < 4.78 is 25.2. The highest BCUT2D eigenvalue weighted by atomic mass is 32.2. The van der Waals surface area contributed by atoms with Gasteiger partial charge in [-0.05, 0) is 12.1 Å². The molecule has 6 N–H and O–H groups in total. The molecule has 0 radical (unpaired) electrons. The van der Waals surface area contributed by atoms with E-state index in [1.165, 1.54) is 12.1 Å². The number of aliphatic hydroxyl groups is 1. The molecule has 1 heterocycles. The second-order valence-corrected chi connectivity index (χ2v) is 4.96. The monoisotopic (exact) mass is 260 g/mol. The Hall–Kier alpha value is -1.71. The van der Waals surface area contributed by atoms with Crippen LogP contribution in [0.3, 0.4) is 0 Å². The van der Waals surface area contributed by atoms with Crippen molar-refractivity contribution in [1.29, 1.82) is 0 Å². The Labute approximate surface area is 97.7 Å². The van der Waals surface area contributed by atoms with Gasteiger partial charge in [-0.3, -0.25) is 4.79 Å². The largest absolute Gasteiger partial charge is 0.384 e. The van der Waals surface area contributed by atoms with Crippen molar-refractivity contribution in [2.45, 2.75) is 11.0 Å². The van der Waals surface area contributed by atoms with Crippen LogP contribution in [-0.4, -0.2) is 37.1 Å². The minimum absolute atomic E-state index is 0.122. The maximum atomic E-state index is 11.6. The Morgan fingerprint density at radius 1 is 1.53 bits per heavy atom. The van der Waals surface area contributed by atoms with Crippen LogP contribution in [0.5, 0.6) is 0 Å². The normalized spacial score (nSPS) is 13.2. The average Bonchev–Trinajstić information content (AvgIpc) is 2.26. The van der Waals surface area contributed by atoms with Crippen molar-refractivity contribution in [3.05, 3.63) is 18.3 Å². The first-order chi connectivity index (χ1) is 7.83. The van der Waals surface area contributed by atoms with Gasteiger partial charge in [0.2, 0.25) is 15.9 Å². The molecule has 0 aliphatic carbocycles. The van der Waals surface area contributed by atoms with Gasteiger partial charge in [0.1, 0.15) is 16.8 Å². The number of nitrogens with two attached hydrogens (primary N) is 2. The van der Waals surface area contributed by atoms with Gasteiger partial charge in [-0.15, -0.1) is 0 Å². The average molecular weight is 260 g/mol. The van der Waals surface area contributed by atoms with E-state index in [-0.39, 0.29) is 10.7 Å². The minimum Gasteiger partial charge on any atom is -0.384 e. The van der Waals surface area contributed by atoms with Crippen molar-refractivity contribution in [2.24, 2.45) is 5.73 Å². The van der Waals surface area contributed by atoms with Crippen LogP contribution < -0.4 is 16.2 Å². The van der Waals surface area contributed by atoms with Crippen molar-refractivity contribution in [3.63, 3.8) is 0 Å². The van der Waals surface area contributed by atoms with E-state index in [1.54, 1.807) is 0 Å². The van der Waals surface area contributed by atoms with Crippen LogP contribution in [0, 0.1) is 0 Å². The molecular weight excluding hydrogens is 248 g/mol. The standard InChI is InChI=1S/C8H12N4O4S/c9-7-2-1-5(3-11-7)17(15,16)12-4-6(13)8(10)14/h1-3,6,12-13H,4H2,(H2,9,11)(H2,10,14). The van der Waals surface area contributed by atoms with E-state index in [1.807, 2.05) is 4.72 Å². The van der Waals surface area contributed by atoms with E-state index >= 15 is 0 Å². The summed E-state index contributed by atoms with van der Waals surface area (Å²) in [7, 11) is -3.84. The van der Waals surface area contributed by atoms with E-state index < -0.39 is 28.6 Å². The number of anilines is 1. The lowest BCUT2D eigenvalue weighted by atomic mass is 10.3. The predicted octanol–water partition coefficient (Wildman–Crippen LogP) is -2.21. The number of nitrogens with zero attached hydrogens (tertiary/aromatic N) is 1. The highest BCUT2D eigenvalue weighted by molar-refractivity contribution is 7.89. The van der Waals surface area contributed by atoms with E-state index in [4.69, 9.17) is 16.6 Å². The molecule has 1 atom stereocenters. The number of nitrogens with one attached hydrogen (secondary N) is 1. The zero-order valence-corrected chi connectivity index (χ0v) is 9.52. The van der Waals surface area contributed by atoms with Gasteiger partial charge in [0.05, 0.1) is 0 Å². The third-order valence-corrected chi connectivity index (χ3v) is 3.27. The van der Waals surface area contributed by atoms with Crippen LogP contribution in [0.2, 0.25) is 0 Å². The zero-order chi connectivity index (χ0) is 13.1. The van der Waals surface area contributed by atoms with Crippen molar-refractivity contribution < 1.29 is 18.3 Å². The summed E-state index contributed by atoms with van der Waals surface area (Å²) in [5, 5.41) is 9.04. The first kappa shape index (κ1) is 13.4. The number of rotatable bonds is 5. The molecule has 0 aliphatic heterocycles. The third kappa shape index (κ3) is 3.66. The predicted molar refractivity (Wildman–Crippen MR) is 59.0 cm³/mol. The van der Waals surface area contributed by atoms with E-state index in [9.17, 15) is 13.2 Å². The lowest BCUT2D eigenvalue weighted by molar-refractivity contribution is -0.125. The number of pyridine rings is 1. The van der Waals surface area contributed by atoms with E-state index in [2.05, 4.69) is 4.98 Å². The highest BCUT2D eigenvalue weighted by Crippen LogP contribution is 2.08. The number of aliphatic hydroxyl groups excluding tert-OH is 1. The SMILES string of the molecule is NC(=O)C(O)CNS(=O)(=O)c1ccc(N)nc1. The van der Waals surface area contributed by atoms with Crippen LogP contribution >= 0.6 is 0 Å².